The molecule has 0 aromatic rings. The molecule has 3 heteroatoms. The van der Waals surface area contributed by atoms with Gasteiger partial charge in [0.05, 0.1) is 5.60 Å². The van der Waals surface area contributed by atoms with Crippen LogP contribution >= 0.6 is 0 Å². The molecule has 9 heavy (non-hydrogen) atoms. The summed E-state index contributed by atoms with van der Waals surface area (Å²) in [6.07, 6.45) is 0. The predicted molar refractivity (Wildman–Crippen MR) is 36.3 cm³/mol. The minimum Gasteiger partial charge on any atom is -0.387 e. The van der Waals surface area contributed by atoms with Crippen molar-refractivity contribution in [1.29, 1.82) is 0 Å². The Morgan fingerprint density at radius 2 is 2.44 bits per heavy atom. The first kappa shape index (κ1) is 6.99. The molecule has 0 aromatic heterocycles. The number of hydrogen-bond donors (Lipinski definition) is 3. The van der Waals surface area contributed by atoms with Crippen molar-refractivity contribution in [2.45, 2.75) is 18.6 Å². The number of β-amino-alcohol motifs (C(OH)–C–C–N with tert-alkyl or cyclic N) is 1. The first-order chi connectivity index (χ1) is 4.17. The van der Waals surface area contributed by atoms with Crippen molar-refractivity contribution >= 4 is 0 Å². The average Bonchev–Trinajstić information content (AvgIpc) is 2.08. The molecule has 54 valence electrons. The third-order valence-electron chi connectivity index (χ3n) is 1.93. The van der Waals surface area contributed by atoms with E-state index >= 15 is 0 Å². The van der Waals surface area contributed by atoms with E-state index in [1.54, 1.807) is 0 Å². The highest BCUT2D eigenvalue weighted by Crippen LogP contribution is 2.12. The maximum Gasteiger partial charge on any atom is 0.0907 e. The molecule has 0 radical (unpaired) electrons. The predicted octanol–water partition coefficient (Wildman–Crippen LogP) is -1.07. The summed E-state index contributed by atoms with van der Waals surface area (Å²) in [7, 11) is 1.87. The summed E-state index contributed by atoms with van der Waals surface area (Å²) in [5.74, 6) is 0. The molecular formula is C6H14N2O. The highest BCUT2D eigenvalue weighted by atomic mass is 16.3. The highest BCUT2D eigenvalue weighted by molar-refractivity contribution is 4.96. The quantitative estimate of drug-likeness (QED) is 0.423. The lowest BCUT2D eigenvalue weighted by Crippen LogP contribution is -2.46. The van der Waals surface area contributed by atoms with Crippen LogP contribution in [0.1, 0.15) is 6.92 Å². The average molecular weight is 130 g/mol. The van der Waals surface area contributed by atoms with E-state index in [1.807, 2.05) is 14.0 Å². The minimum atomic E-state index is -0.561. The van der Waals surface area contributed by atoms with Gasteiger partial charge in [0.2, 0.25) is 0 Å². The molecule has 1 rings (SSSR count). The summed E-state index contributed by atoms with van der Waals surface area (Å²) in [6, 6.07) is 0.206. The van der Waals surface area contributed by atoms with Crippen molar-refractivity contribution in [3.8, 4) is 0 Å². The number of hydrogen-bond acceptors (Lipinski definition) is 3. The first-order valence-electron chi connectivity index (χ1n) is 3.27. The van der Waals surface area contributed by atoms with Crippen LogP contribution in [0.3, 0.4) is 0 Å². The molecule has 1 saturated heterocycles. The van der Waals surface area contributed by atoms with Crippen molar-refractivity contribution in [2.75, 3.05) is 20.1 Å². The largest absolute Gasteiger partial charge is 0.387 e. The first-order valence-corrected chi connectivity index (χ1v) is 3.27. The standard InChI is InChI=1S/C6H14N2O/c1-6(9)4-8-3-5(6)7-2/h5,7-9H,3-4H2,1-2H3/t5-,6-/m1/s1. The number of aliphatic hydroxyl groups is 1. The van der Waals surface area contributed by atoms with Gasteiger partial charge in [-0.05, 0) is 14.0 Å². The molecule has 3 nitrogen and oxygen atoms in total. The van der Waals surface area contributed by atoms with E-state index in [0.717, 1.165) is 6.54 Å². The lowest BCUT2D eigenvalue weighted by molar-refractivity contribution is 0.0562. The minimum absolute atomic E-state index is 0.206. The van der Waals surface area contributed by atoms with Crippen LogP contribution in [-0.4, -0.2) is 36.9 Å². The Balaban J connectivity index is 2.52. The fourth-order valence-corrected chi connectivity index (χ4v) is 1.23. The number of nitrogens with one attached hydrogen (secondary N) is 2. The van der Waals surface area contributed by atoms with Gasteiger partial charge in [-0.15, -0.1) is 0 Å². The van der Waals surface area contributed by atoms with Gasteiger partial charge in [0, 0.05) is 19.1 Å². The van der Waals surface area contributed by atoms with E-state index in [4.69, 9.17) is 0 Å². The van der Waals surface area contributed by atoms with Crippen LogP contribution in [-0.2, 0) is 0 Å². The zero-order chi connectivity index (χ0) is 6.91. The van der Waals surface area contributed by atoms with E-state index in [1.165, 1.54) is 0 Å². The zero-order valence-corrected chi connectivity index (χ0v) is 5.94. The van der Waals surface area contributed by atoms with E-state index in [-0.39, 0.29) is 6.04 Å². The molecule has 1 fully saturated rings. The van der Waals surface area contributed by atoms with E-state index in [9.17, 15) is 5.11 Å². The second-order valence-electron chi connectivity index (χ2n) is 2.83. The van der Waals surface area contributed by atoms with Crippen LogP contribution in [0.25, 0.3) is 0 Å². The number of rotatable bonds is 1. The van der Waals surface area contributed by atoms with Gasteiger partial charge >= 0.3 is 0 Å². The van der Waals surface area contributed by atoms with Gasteiger partial charge in [-0.1, -0.05) is 0 Å². The van der Waals surface area contributed by atoms with Gasteiger partial charge in [0.25, 0.3) is 0 Å². The number of likely N-dealkylation sites (N-methyl/N-ethyl adjacent to an activating group) is 1. The van der Waals surface area contributed by atoms with Crippen LogP contribution in [0.2, 0.25) is 0 Å². The van der Waals surface area contributed by atoms with E-state index in [2.05, 4.69) is 10.6 Å². The smallest absolute Gasteiger partial charge is 0.0907 e. The normalized spacial score (nSPS) is 43.7. The Kier molecular flexibility index (Phi) is 1.75. The molecule has 0 saturated carbocycles. The summed E-state index contributed by atoms with van der Waals surface area (Å²) in [5.41, 5.74) is -0.561. The molecular weight excluding hydrogens is 116 g/mol. The Labute approximate surface area is 55.5 Å². The molecule has 0 aliphatic carbocycles. The molecule has 0 bridgehead atoms. The topological polar surface area (TPSA) is 44.3 Å². The molecule has 0 unspecified atom stereocenters. The summed E-state index contributed by atoms with van der Waals surface area (Å²) < 4.78 is 0. The second kappa shape index (κ2) is 2.25. The van der Waals surface area contributed by atoms with Gasteiger partial charge < -0.3 is 15.7 Å². The summed E-state index contributed by atoms with van der Waals surface area (Å²) in [4.78, 5) is 0. The summed E-state index contributed by atoms with van der Waals surface area (Å²) in [6.45, 7) is 3.40. The highest BCUT2D eigenvalue weighted by Gasteiger charge is 2.35. The molecule has 3 N–H and O–H groups in total. The van der Waals surface area contributed by atoms with E-state index in [0.29, 0.717) is 6.54 Å². The third-order valence-corrected chi connectivity index (χ3v) is 1.93. The third kappa shape index (κ3) is 1.23. The molecule has 1 heterocycles. The van der Waals surface area contributed by atoms with Crippen molar-refractivity contribution in [2.24, 2.45) is 0 Å². The molecule has 0 aromatic carbocycles. The molecule has 2 atom stereocenters. The molecule has 0 amide bonds. The van der Waals surface area contributed by atoms with Crippen LogP contribution in [0.4, 0.5) is 0 Å². The van der Waals surface area contributed by atoms with Crippen molar-refractivity contribution in [1.82, 2.24) is 10.6 Å². The Hall–Kier alpha value is -0.120. The van der Waals surface area contributed by atoms with Gasteiger partial charge in [-0.2, -0.15) is 0 Å². The monoisotopic (exact) mass is 130 g/mol. The second-order valence-corrected chi connectivity index (χ2v) is 2.83. The van der Waals surface area contributed by atoms with Crippen LogP contribution in [0.5, 0.6) is 0 Å². The van der Waals surface area contributed by atoms with Crippen LogP contribution in [0.15, 0.2) is 0 Å². The van der Waals surface area contributed by atoms with E-state index < -0.39 is 5.60 Å². The summed E-state index contributed by atoms with van der Waals surface area (Å²) >= 11 is 0. The van der Waals surface area contributed by atoms with Gasteiger partial charge in [0.15, 0.2) is 0 Å². The van der Waals surface area contributed by atoms with Crippen molar-refractivity contribution < 1.29 is 5.11 Å². The molecule has 0 spiro atoms. The Morgan fingerprint density at radius 3 is 2.67 bits per heavy atom. The van der Waals surface area contributed by atoms with Gasteiger partial charge in [-0.25, -0.2) is 0 Å². The maximum atomic E-state index is 9.53. The summed E-state index contributed by atoms with van der Waals surface area (Å²) in [5, 5.41) is 15.7. The molecule has 1 aliphatic heterocycles. The Morgan fingerprint density at radius 1 is 1.78 bits per heavy atom. The SMILES string of the molecule is CN[C@@H]1CNC[C@@]1(C)O. The Bertz CT molecular complexity index is 103. The van der Waals surface area contributed by atoms with Crippen LogP contribution in [0, 0.1) is 0 Å². The zero-order valence-electron chi connectivity index (χ0n) is 5.94. The lowest BCUT2D eigenvalue weighted by atomic mass is 10.0. The van der Waals surface area contributed by atoms with Crippen molar-refractivity contribution in [3.05, 3.63) is 0 Å². The maximum absolute atomic E-state index is 9.53. The fourth-order valence-electron chi connectivity index (χ4n) is 1.23. The van der Waals surface area contributed by atoms with Gasteiger partial charge in [0.1, 0.15) is 0 Å². The molecule has 1 aliphatic rings. The fraction of sp³-hybridized carbons (Fsp3) is 1.00. The van der Waals surface area contributed by atoms with Gasteiger partial charge in [-0.3, -0.25) is 0 Å². The lowest BCUT2D eigenvalue weighted by Gasteiger charge is -2.23. The van der Waals surface area contributed by atoms with Crippen LogP contribution < -0.4 is 10.6 Å². The van der Waals surface area contributed by atoms with Crippen molar-refractivity contribution in [3.63, 3.8) is 0 Å².